The summed E-state index contributed by atoms with van der Waals surface area (Å²) >= 11 is 1.54. The number of fused-ring (bicyclic) bond motifs is 2. The molecule has 0 aliphatic carbocycles. The van der Waals surface area contributed by atoms with Gasteiger partial charge in [0, 0.05) is 31.0 Å². The van der Waals surface area contributed by atoms with Crippen LogP contribution in [0.2, 0.25) is 0 Å². The minimum atomic E-state index is -0.873. The van der Waals surface area contributed by atoms with Gasteiger partial charge in [0.05, 0.1) is 23.2 Å². The number of carbonyl (C=O) groups excluding carboxylic acids is 3. The lowest BCUT2D eigenvalue weighted by molar-refractivity contribution is -0.154. The zero-order valence-electron chi connectivity index (χ0n) is 19.3. The second-order valence-electron chi connectivity index (χ2n) is 9.57. The van der Waals surface area contributed by atoms with Gasteiger partial charge in [-0.15, -0.1) is 11.8 Å². The molecule has 180 valence electrons. The molecule has 2 fully saturated rings. The van der Waals surface area contributed by atoms with Gasteiger partial charge in [0.2, 0.25) is 11.8 Å². The van der Waals surface area contributed by atoms with E-state index in [0.717, 1.165) is 5.56 Å². The summed E-state index contributed by atoms with van der Waals surface area (Å²) in [5, 5.41) is 9.48. The van der Waals surface area contributed by atoms with Crippen LogP contribution in [0.3, 0.4) is 0 Å². The van der Waals surface area contributed by atoms with Crippen LogP contribution in [0.1, 0.15) is 25.3 Å². The maximum absolute atomic E-state index is 14.1. The zero-order valence-corrected chi connectivity index (χ0v) is 20.1. The molecule has 4 aliphatic rings. The number of esters is 1. The molecule has 0 bridgehead atoms. The molecule has 1 aromatic rings. The van der Waals surface area contributed by atoms with Gasteiger partial charge >= 0.3 is 5.97 Å². The Hall–Kier alpha value is -2.58. The average Bonchev–Trinajstić information content (AvgIpc) is 3.14. The molecular weight excluding hydrogens is 452 g/mol. The van der Waals surface area contributed by atoms with Crippen LogP contribution in [0.5, 0.6) is 0 Å². The zero-order chi connectivity index (χ0) is 23.9. The van der Waals surface area contributed by atoms with Gasteiger partial charge in [-0.2, -0.15) is 0 Å². The summed E-state index contributed by atoms with van der Waals surface area (Å²) in [5.41, 5.74) is 1.02. The van der Waals surface area contributed by atoms with E-state index in [1.54, 1.807) is 21.6 Å². The van der Waals surface area contributed by atoms with Crippen molar-refractivity contribution in [1.82, 2.24) is 9.80 Å². The standard InChI is InChI=1S/C26H30N2O5S/c1-25-11-5-6-16-33-24(32)20(25)19-22(30)28(14-8-15-29)21-23(31)27(13-7-12-26(19,21)34-25)17-18-9-3-2-4-10-18/h2-5,7,9-12,19-21,29H,6,8,13-17H2,1H3/t19-,20-,21?,25+,26-/m0/s1. The molecule has 1 aromatic carbocycles. The van der Waals surface area contributed by atoms with Crippen molar-refractivity contribution in [2.24, 2.45) is 11.8 Å². The number of likely N-dealkylation sites (tertiary alicyclic amines) is 1. The number of hydrogen-bond donors (Lipinski definition) is 1. The smallest absolute Gasteiger partial charge is 0.311 e. The molecule has 1 spiro atoms. The van der Waals surface area contributed by atoms with Crippen LogP contribution in [0, 0.1) is 11.8 Å². The molecule has 0 radical (unpaired) electrons. The predicted octanol–water partition coefficient (Wildman–Crippen LogP) is 2.16. The second kappa shape index (κ2) is 8.89. The van der Waals surface area contributed by atoms with Gasteiger partial charge in [-0.25, -0.2) is 0 Å². The van der Waals surface area contributed by atoms with Crippen LogP contribution in [0.25, 0.3) is 0 Å². The third-order valence-electron chi connectivity index (χ3n) is 7.38. The van der Waals surface area contributed by atoms with Crippen molar-refractivity contribution >= 4 is 29.5 Å². The van der Waals surface area contributed by atoms with Crippen molar-refractivity contribution < 1.29 is 24.2 Å². The molecule has 5 rings (SSSR count). The van der Waals surface area contributed by atoms with Gasteiger partial charge < -0.3 is 19.6 Å². The van der Waals surface area contributed by atoms with Crippen molar-refractivity contribution in [3.05, 3.63) is 60.2 Å². The maximum Gasteiger partial charge on any atom is 0.311 e. The van der Waals surface area contributed by atoms with Gasteiger partial charge in [-0.1, -0.05) is 54.6 Å². The van der Waals surface area contributed by atoms with Crippen LogP contribution in [0.4, 0.5) is 0 Å². The fourth-order valence-corrected chi connectivity index (χ4v) is 8.11. The number of ether oxygens (including phenoxy) is 1. The van der Waals surface area contributed by atoms with Crippen LogP contribution in [-0.2, 0) is 25.7 Å². The van der Waals surface area contributed by atoms with Gasteiger partial charge in [-0.05, 0) is 25.3 Å². The molecule has 1 N–H and O–H groups in total. The van der Waals surface area contributed by atoms with Gasteiger partial charge in [-0.3, -0.25) is 14.4 Å². The van der Waals surface area contributed by atoms with Crippen molar-refractivity contribution in [1.29, 1.82) is 0 Å². The molecule has 4 heterocycles. The topological polar surface area (TPSA) is 87.1 Å². The van der Waals surface area contributed by atoms with Crippen molar-refractivity contribution in [2.45, 2.75) is 41.8 Å². The molecule has 0 aromatic heterocycles. The summed E-state index contributed by atoms with van der Waals surface area (Å²) in [6.07, 6.45) is 9.02. The lowest BCUT2D eigenvalue weighted by atomic mass is 9.74. The first kappa shape index (κ1) is 23.2. The van der Waals surface area contributed by atoms with E-state index in [2.05, 4.69) is 0 Å². The first-order chi connectivity index (χ1) is 16.4. The van der Waals surface area contributed by atoms with Gasteiger partial charge in [0.25, 0.3) is 0 Å². The van der Waals surface area contributed by atoms with Crippen molar-refractivity contribution in [3.63, 3.8) is 0 Å². The van der Waals surface area contributed by atoms with Gasteiger partial charge in [0.1, 0.15) is 6.04 Å². The van der Waals surface area contributed by atoms with Crippen LogP contribution in [-0.4, -0.2) is 74.5 Å². The summed E-state index contributed by atoms with van der Waals surface area (Å²) in [5.74, 6) is -2.07. The maximum atomic E-state index is 14.1. The quantitative estimate of drug-likeness (QED) is 0.511. The van der Waals surface area contributed by atoms with E-state index < -0.39 is 27.4 Å². The predicted molar refractivity (Wildman–Crippen MR) is 129 cm³/mol. The highest BCUT2D eigenvalue weighted by atomic mass is 32.2. The Kier molecular flexibility index (Phi) is 6.06. The van der Waals surface area contributed by atoms with E-state index >= 15 is 0 Å². The number of aliphatic hydroxyl groups excluding tert-OH is 1. The number of cyclic esters (lactones) is 1. The minimum Gasteiger partial charge on any atom is -0.465 e. The van der Waals surface area contributed by atoms with Crippen LogP contribution < -0.4 is 0 Å². The van der Waals surface area contributed by atoms with E-state index in [1.807, 2.05) is 61.6 Å². The fraction of sp³-hybridized carbons (Fsp3) is 0.500. The molecule has 5 atom stereocenters. The number of nitrogens with zero attached hydrogens (tertiary/aromatic N) is 2. The Morgan fingerprint density at radius 3 is 2.65 bits per heavy atom. The lowest BCUT2D eigenvalue weighted by Gasteiger charge is -2.37. The normalized spacial score (nSPS) is 34.8. The second-order valence-corrected chi connectivity index (χ2v) is 11.4. The number of rotatable bonds is 5. The largest absolute Gasteiger partial charge is 0.465 e. The number of aliphatic hydroxyl groups is 1. The average molecular weight is 483 g/mol. The highest BCUT2D eigenvalue weighted by Gasteiger charge is 2.73. The van der Waals surface area contributed by atoms with Gasteiger partial charge in [0.15, 0.2) is 0 Å². The number of benzene rings is 1. The summed E-state index contributed by atoms with van der Waals surface area (Å²) in [4.78, 5) is 44.6. The molecule has 4 aliphatic heterocycles. The van der Waals surface area contributed by atoms with Crippen molar-refractivity contribution in [2.75, 3.05) is 26.3 Å². The van der Waals surface area contributed by atoms with E-state index in [9.17, 15) is 19.5 Å². The van der Waals surface area contributed by atoms with Crippen LogP contribution in [0.15, 0.2) is 54.6 Å². The molecule has 8 heteroatoms. The summed E-state index contributed by atoms with van der Waals surface area (Å²) in [7, 11) is 0. The summed E-state index contributed by atoms with van der Waals surface area (Å²) < 4.78 is 4.01. The fourth-order valence-electron chi connectivity index (χ4n) is 5.96. The third kappa shape index (κ3) is 3.58. The molecule has 2 amide bonds. The Morgan fingerprint density at radius 1 is 1.09 bits per heavy atom. The Balaban J connectivity index is 1.58. The first-order valence-corrected chi connectivity index (χ1v) is 12.7. The van der Waals surface area contributed by atoms with E-state index in [1.165, 1.54) is 0 Å². The highest BCUT2D eigenvalue weighted by molar-refractivity contribution is 8.02. The number of carbonyl (C=O) groups is 3. The Labute approximate surface area is 203 Å². The lowest BCUT2D eigenvalue weighted by Crippen LogP contribution is -2.53. The number of hydrogen-bond acceptors (Lipinski definition) is 6. The third-order valence-corrected chi connectivity index (χ3v) is 9.17. The molecule has 0 saturated carbocycles. The van der Waals surface area contributed by atoms with E-state index in [4.69, 9.17) is 4.74 Å². The molecule has 1 unspecified atom stereocenters. The monoisotopic (exact) mass is 482 g/mol. The Bertz CT molecular complexity index is 1040. The van der Waals surface area contributed by atoms with Crippen LogP contribution >= 0.6 is 11.8 Å². The molecule has 34 heavy (non-hydrogen) atoms. The Morgan fingerprint density at radius 2 is 1.88 bits per heavy atom. The molecular formula is C26H30N2O5S. The highest BCUT2D eigenvalue weighted by Crippen LogP contribution is 2.65. The summed E-state index contributed by atoms with van der Waals surface area (Å²) in [6, 6.07) is 9.05. The number of amides is 2. The van der Waals surface area contributed by atoms with E-state index in [0.29, 0.717) is 25.9 Å². The first-order valence-electron chi connectivity index (χ1n) is 11.9. The SMILES string of the molecule is C[C@@]12C=CCCOC(=O)[C@@H]1[C@H]1C(=O)N(CCCO)C3C(=O)N(Cc4ccccc4)CC=C[C@@]31S2. The van der Waals surface area contributed by atoms with Crippen molar-refractivity contribution in [3.8, 4) is 0 Å². The van der Waals surface area contributed by atoms with E-state index in [-0.39, 0.29) is 37.5 Å². The number of thioether (sulfide) groups is 1. The minimum absolute atomic E-state index is 0.0784. The summed E-state index contributed by atoms with van der Waals surface area (Å²) in [6.45, 7) is 3.33. The molecule has 2 saturated heterocycles. The molecule has 7 nitrogen and oxygen atoms in total.